The van der Waals surface area contributed by atoms with Gasteiger partial charge in [0.05, 0.1) is 6.61 Å². The van der Waals surface area contributed by atoms with Crippen LogP contribution >= 0.6 is 0 Å². The van der Waals surface area contributed by atoms with Crippen molar-refractivity contribution in [2.45, 2.75) is 6.04 Å². The Morgan fingerprint density at radius 2 is 2.11 bits per heavy atom. The van der Waals surface area contributed by atoms with Gasteiger partial charge in [-0.15, -0.1) is 0 Å². The number of halogens is 1. The van der Waals surface area contributed by atoms with Crippen LogP contribution in [-0.4, -0.2) is 37.0 Å². The van der Waals surface area contributed by atoms with Gasteiger partial charge in [-0.25, -0.2) is 9.18 Å². The molecule has 5 nitrogen and oxygen atoms in total. The van der Waals surface area contributed by atoms with Crippen LogP contribution in [0.15, 0.2) is 24.3 Å². The van der Waals surface area contributed by atoms with Crippen LogP contribution in [0.25, 0.3) is 0 Å². The van der Waals surface area contributed by atoms with E-state index in [1.807, 2.05) is 0 Å². The molecule has 1 aromatic rings. The molecule has 0 aromatic heterocycles. The Hall–Kier alpha value is -1.95. The minimum atomic E-state index is -0.492. The first kappa shape index (κ1) is 12.5. The van der Waals surface area contributed by atoms with Gasteiger partial charge in [-0.3, -0.25) is 10.7 Å². The topological polar surface area (TPSA) is 65.4 Å². The molecule has 2 rings (SSSR count). The van der Waals surface area contributed by atoms with E-state index in [1.165, 1.54) is 17.0 Å². The molecule has 2 amide bonds. The summed E-state index contributed by atoms with van der Waals surface area (Å²) in [5.41, 5.74) is 0.704. The summed E-state index contributed by atoms with van der Waals surface area (Å²) in [7, 11) is 1.55. The molecular weight excluding hydrogens is 237 g/mol. The van der Waals surface area contributed by atoms with Gasteiger partial charge in [0.15, 0.2) is 0 Å². The lowest BCUT2D eigenvalue weighted by Gasteiger charge is -2.22. The summed E-state index contributed by atoms with van der Waals surface area (Å²) in [6, 6.07) is 4.97. The summed E-state index contributed by atoms with van der Waals surface area (Å²) in [5, 5.41) is 10.2. The fourth-order valence-corrected chi connectivity index (χ4v) is 1.94. The highest BCUT2D eigenvalue weighted by atomic mass is 19.1. The Balaban J connectivity index is 2.24. The number of rotatable bonds is 4. The molecule has 1 heterocycles. The number of amides is 2. The Morgan fingerprint density at radius 3 is 2.72 bits per heavy atom. The zero-order valence-electron chi connectivity index (χ0n) is 9.94. The molecule has 1 unspecified atom stereocenters. The molecule has 96 valence electrons. The third-order valence-electron chi connectivity index (χ3n) is 2.81. The van der Waals surface area contributed by atoms with Gasteiger partial charge in [-0.05, 0) is 17.7 Å². The molecule has 0 spiro atoms. The van der Waals surface area contributed by atoms with Crippen LogP contribution in [0.1, 0.15) is 11.6 Å². The quantitative estimate of drug-likeness (QED) is 0.852. The number of carbonyl (C=O) groups is 1. The molecule has 1 aromatic carbocycles. The lowest BCUT2D eigenvalue weighted by molar-refractivity contribution is 0.151. The lowest BCUT2D eigenvalue weighted by atomic mass is 10.1. The number of hydrogen-bond donors (Lipinski definition) is 2. The Morgan fingerprint density at radius 1 is 1.44 bits per heavy atom. The van der Waals surface area contributed by atoms with Crippen molar-refractivity contribution in [2.75, 3.05) is 20.3 Å². The molecule has 1 aliphatic heterocycles. The molecule has 6 heteroatoms. The number of methoxy groups -OCH3 is 1. The van der Waals surface area contributed by atoms with Gasteiger partial charge in [-0.2, -0.15) is 0 Å². The maximum Gasteiger partial charge on any atom is 0.323 e. The Bertz CT molecular complexity index is 461. The number of nitrogens with zero attached hydrogens (tertiary/aromatic N) is 1. The molecule has 18 heavy (non-hydrogen) atoms. The van der Waals surface area contributed by atoms with Gasteiger partial charge >= 0.3 is 6.03 Å². The Kier molecular flexibility index (Phi) is 3.57. The third kappa shape index (κ3) is 2.33. The summed E-state index contributed by atoms with van der Waals surface area (Å²) in [6.07, 6.45) is 0. The SMILES string of the molecule is COCCN1C(=O)NC(=N)C1c1ccc(F)cc1. The normalized spacial score (nSPS) is 19.2. The van der Waals surface area contributed by atoms with Crippen molar-refractivity contribution in [3.63, 3.8) is 0 Å². The molecule has 1 atom stereocenters. The number of urea groups is 1. The highest BCUT2D eigenvalue weighted by Gasteiger charge is 2.36. The van der Waals surface area contributed by atoms with Crippen LogP contribution in [0.2, 0.25) is 0 Å². The molecule has 0 saturated carbocycles. The highest BCUT2D eigenvalue weighted by molar-refractivity contribution is 6.05. The first-order valence-corrected chi connectivity index (χ1v) is 5.54. The first-order valence-electron chi connectivity index (χ1n) is 5.54. The maximum absolute atomic E-state index is 12.9. The largest absolute Gasteiger partial charge is 0.383 e. The molecule has 0 bridgehead atoms. The van der Waals surface area contributed by atoms with Crippen LogP contribution in [0.5, 0.6) is 0 Å². The van der Waals surface area contributed by atoms with E-state index < -0.39 is 6.04 Å². The predicted octanol–water partition coefficient (Wildman–Crippen LogP) is 1.52. The number of hydrogen-bond acceptors (Lipinski definition) is 3. The van der Waals surface area contributed by atoms with E-state index in [0.29, 0.717) is 18.7 Å². The van der Waals surface area contributed by atoms with Gasteiger partial charge in [0, 0.05) is 13.7 Å². The van der Waals surface area contributed by atoms with Crippen LogP contribution in [-0.2, 0) is 4.74 Å². The van der Waals surface area contributed by atoms with Crippen molar-refractivity contribution in [2.24, 2.45) is 0 Å². The number of nitrogens with one attached hydrogen (secondary N) is 2. The number of benzene rings is 1. The molecule has 1 fully saturated rings. The summed E-state index contributed by atoms with van der Waals surface area (Å²) in [6.45, 7) is 0.769. The van der Waals surface area contributed by atoms with E-state index >= 15 is 0 Å². The van der Waals surface area contributed by atoms with Gasteiger partial charge in [0.25, 0.3) is 0 Å². The molecule has 2 N–H and O–H groups in total. The van der Waals surface area contributed by atoms with E-state index in [1.54, 1.807) is 19.2 Å². The second kappa shape index (κ2) is 5.14. The molecule has 0 aliphatic carbocycles. The second-order valence-corrected chi connectivity index (χ2v) is 3.98. The van der Waals surface area contributed by atoms with Crippen molar-refractivity contribution in [3.8, 4) is 0 Å². The van der Waals surface area contributed by atoms with Gasteiger partial charge in [0.1, 0.15) is 17.7 Å². The number of ether oxygens (including phenoxy) is 1. The second-order valence-electron chi connectivity index (χ2n) is 3.98. The van der Waals surface area contributed by atoms with E-state index in [9.17, 15) is 9.18 Å². The molecule has 1 saturated heterocycles. The van der Waals surface area contributed by atoms with Crippen LogP contribution in [0.4, 0.5) is 9.18 Å². The van der Waals surface area contributed by atoms with E-state index in [0.717, 1.165) is 0 Å². The zero-order valence-corrected chi connectivity index (χ0v) is 9.94. The van der Waals surface area contributed by atoms with Crippen LogP contribution in [0.3, 0.4) is 0 Å². The van der Waals surface area contributed by atoms with Gasteiger partial charge in [0.2, 0.25) is 0 Å². The Labute approximate surface area is 104 Å². The third-order valence-corrected chi connectivity index (χ3v) is 2.81. The van der Waals surface area contributed by atoms with Crippen molar-refractivity contribution >= 4 is 11.9 Å². The maximum atomic E-state index is 12.9. The van der Waals surface area contributed by atoms with Crippen molar-refractivity contribution in [3.05, 3.63) is 35.6 Å². The minimum absolute atomic E-state index is 0.0997. The molecule has 0 radical (unpaired) electrons. The van der Waals surface area contributed by atoms with Crippen molar-refractivity contribution in [1.82, 2.24) is 10.2 Å². The van der Waals surface area contributed by atoms with E-state index in [4.69, 9.17) is 10.1 Å². The van der Waals surface area contributed by atoms with Crippen molar-refractivity contribution < 1.29 is 13.9 Å². The average molecular weight is 251 g/mol. The standard InChI is InChI=1S/C12H14FN3O2/c1-18-7-6-16-10(11(14)15-12(16)17)8-2-4-9(13)5-3-8/h2-5,10H,6-7H2,1H3,(H2,14,15,17). The van der Waals surface area contributed by atoms with Crippen LogP contribution in [0, 0.1) is 11.2 Å². The highest BCUT2D eigenvalue weighted by Crippen LogP contribution is 2.25. The minimum Gasteiger partial charge on any atom is -0.383 e. The smallest absolute Gasteiger partial charge is 0.323 e. The summed E-state index contributed by atoms with van der Waals surface area (Å²) in [4.78, 5) is 13.2. The average Bonchev–Trinajstić information content (AvgIpc) is 2.62. The monoisotopic (exact) mass is 251 g/mol. The molecule has 1 aliphatic rings. The van der Waals surface area contributed by atoms with Gasteiger partial charge < -0.3 is 9.64 Å². The fourth-order valence-electron chi connectivity index (χ4n) is 1.94. The first-order chi connectivity index (χ1) is 8.63. The zero-order chi connectivity index (χ0) is 13.1. The molecular formula is C12H14FN3O2. The predicted molar refractivity (Wildman–Crippen MR) is 64.0 cm³/mol. The summed E-state index contributed by atoms with van der Waals surface area (Å²) in [5.74, 6) is -0.242. The summed E-state index contributed by atoms with van der Waals surface area (Å²) >= 11 is 0. The number of carbonyl (C=O) groups excluding carboxylic acids is 1. The van der Waals surface area contributed by atoms with E-state index in [-0.39, 0.29) is 17.7 Å². The van der Waals surface area contributed by atoms with Crippen LogP contribution < -0.4 is 5.32 Å². The van der Waals surface area contributed by atoms with Crippen molar-refractivity contribution in [1.29, 1.82) is 5.41 Å². The summed E-state index contributed by atoms with van der Waals surface area (Å²) < 4.78 is 17.8. The lowest BCUT2D eigenvalue weighted by Crippen LogP contribution is -2.32. The van der Waals surface area contributed by atoms with E-state index in [2.05, 4.69) is 5.32 Å². The number of amidine groups is 1. The van der Waals surface area contributed by atoms with Gasteiger partial charge in [-0.1, -0.05) is 12.1 Å². The fraction of sp³-hybridized carbons (Fsp3) is 0.333.